The van der Waals surface area contributed by atoms with Crippen LogP contribution in [-0.2, 0) is 15.3 Å². The van der Waals surface area contributed by atoms with Crippen molar-refractivity contribution in [2.75, 3.05) is 7.11 Å². The summed E-state index contributed by atoms with van der Waals surface area (Å²) in [5, 5.41) is 9.67. The van der Waals surface area contributed by atoms with Gasteiger partial charge in [0.2, 0.25) is 0 Å². The van der Waals surface area contributed by atoms with E-state index in [4.69, 9.17) is 4.74 Å². The SMILES string of the molecule is CC[C@H](Sc1nnc(CSc2ncccn2)n1-c1ccccc1)C(=O)OC. The molecule has 0 unspecified atom stereocenters. The average molecular weight is 402 g/mol. The number of para-hydroxylation sites is 1. The maximum Gasteiger partial charge on any atom is 0.319 e. The second kappa shape index (κ2) is 9.52. The highest BCUT2D eigenvalue weighted by Crippen LogP contribution is 2.29. The number of benzene rings is 1. The summed E-state index contributed by atoms with van der Waals surface area (Å²) >= 11 is 2.84. The first-order valence-electron chi connectivity index (χ1n) is 8.37. The fourth-order valence-electron chi connectivity index (χ4n) is 2.35. The summed E-state index contributed by atoms with van der Waals surface area (Å²) in [5.41, 5.74) is 0.939. The molecule has 1 atom stereocenters. The van der Waals surface area contributed by atoms with Gasteiger partial charge in [-0.15, -0.1) is 10.2 Å². The fourth-order valence-corrected chi connectivity index (χ4v) is 4.09. The molecule has 0 aliphatic rings. The minimum Gasteiger partial charge on any atom is -0.468 e. The van der Waals surface area contributed by atoms with Crippen LogP contribution in [-0.4, -0.2) is 43.1 Å². The van der Waals surface area contributed by atoms with Crippen LogP contribution in [0.25, 0.3) is 5.69 Å². The van der Waals surface area contributed by atoms with Gasteiger partial charge in [-0.25, -0.2) is 9.97 Å². The molecule has 3 rings (SSSR count). The Morgan fingerprint density at radius 3 is 2.56 bits per heavy atom. The zero-order chi connectivity index (χ0) is 19.1. The van der Waals surface area contributed by atoms with E-state index < -0.39 is 0 Å². The van der Waals surface area contributed by atoms with Crippen LogP contribution in [0, 0.1) is 0 Å². The zero-order valence-corrected chi connectivity index (χ0v) is 16.6. The largest absolute Gasteiger partial charge is 0.468 e. The van der Waals surface area contributed by atoms with Crippen LogP contribution < -0.4 is 0 Å². The molecule has 0 radical (unpaired) electrons. The van der Waals surface area contributed by atoms with Gasteiger partial charge in [-0.05, 0) is 24.6 Å². The van der Waals surface area contributed by atoms with E-state index in [1.807, 2.05) is 41.8 Å². The van der Waals surface area contributed by atoms with Crippen LogP contribution in [0.1, 0.15) is 19.2 Å². The molecule has 0 saturated carbocycles. The highest BCUT2D eigenvalue weighted by molar-refractivity contribution is 8.00. The molecule has 0 amide bonds. The highest BCUT2D eigenvalue weighted by atomic mass is 32.2. The monoisotopic (exact) mass is 401 g/mol. The van der Waals surface area contributed by atoms with E-state index in [1.54, 1.807) is 18.5 Å². The third kappa shape index (κ3) is 4.86. The van der Waals surface area contributed by atoms with Gasteiger partial charge in [0.25, 0.3) is 0 Å². The number of nitrogens with zero attached hydrogens (tertiary/aromatic N) is 5. The molecule has 0 N–H and O–H groups in total. The Morgan fingerprint density at radius 2 is 1.89 bits per heavy atom. The number of carbonyl (C=O) groups is 1. The summed E-state index contributed by atoms with van der Waals surface area (Å²) in [6.45, 7) is 1.95. The van der Waals surface area contributed by atoms with Crippen molar-refractivity contribution in [3.05, 3.63) is 54.6 Å². The maximum atomic E-state index is 12.0. The van der Waals surface area contributed by atoms with Crippen molar-refractivity contribution in [2.45, 2.75) is 34.7 Å². The smallest absolute Gasteiger partial charge is 0.319 e. The Labute approximate surface area is 166 Å². The molecule has 140 valence electrons. The molecule has 9 heteroatoms. The van der Waals surface area contributed by atoms with Gasteiger partial charge >= 0.3 is 5.97 Å². The van der Waals surface area contributed by atoms with Gasteiger partial charge in [-0.1, -0.05) is 48.6 Å². The molecule has 0 aliphatic heterocycles. The van der Waals surface area contributed by atoms with E-state index >= 15 is 0 Å². The van der Waals surface area contributed by atoms with Crippen molar-refractivity contribution in [1.29, 1.82) is 0 Å². The van der Waals surface area contributed by atoms with Crippen LogP contribution in [0.5, 0.6) is 0 Å². The third-order valence-corrected chi connectivity index (χ3v) is 5.83. The molecule has 2 heterocycles. The Balaban J connectivity index is 1.89. The standard InChI is InChI=1S/C18H19N5O2S2/c1-3-14(16(24)25-2)27-18-22-21-15(12-26-17-19-10-7-11-20-17)23(18)13-8-5-4-6-9-13/h4-11,14H,3,12H2,1-2H3/t14-/m0/s1. The first kappa shape index (κ1) is 19.4. The number of methoxy groups -OCH3 is 1. The third-order valence-electron chi connectivity index (χ3n) is 3.67. The molecule has 0 saturated heterocycles. The van der Waals surface area contributed by atoms with E-state index in [0.717, 1.165) is 11.5 Å². The molecule has 3 aromatic rings. The van der Waals surface area contributed by atoms with Crippen LogP contribution in [0.15, 0.2) is 59.1 Å². The van der Waals surface area contributed by atoms with Gasteiger partial charge in [0.15, 0.2) is 10.3 Å². The normalized spacial score (nSPS) is 11.9. The Bertz CT molecular complexity index is 874. The summed E-state index contributed by atoms with van der Waals surface area (Å²) in [4.78, 5) is 20.4. The lowest BCUT2D eigenvalue weighted by molar-refractivity contribution is -0.140. The lowest BCUT2D eigenvalue weighted by Crippen LogP contribution is -2.18. The first-order valence-corrected chi connectivity index (χ1v) is 10.2. The summed E-state index contributed by atoms with van der Waals surface area (Å²) < 4.78 is 6.86. The molecule has 0 spiro atoms. The van der Waals surface area contributed by atoms with Crippen molar-refractivity contribution < 1.29 is 9.53 Å². The molecular formula is C18H19N5O2S2. The van der Waals surface area contributed by atoms with Gasteiger partial charge in [-0.2, -0.15) is 0 Å². The van der Waals surface area contributed by atoms with E-state index in [1.165, 1.54) is 30.6 Å². The number of hydrogen-bond donors (Lipinski definition) is 0. The number of esters is 1. The number of ether oxygens (including phenoxy) is 1. The lowest BCUT2D eigenvalue weighted by Gasteiger charge is -2.14. The minimum absolute atomic E-state index is 0.265. The Kier molecular flexibility index (Phi) is 6.83. The predicted octanol–water partition coefficient (Wildman–Crippen LogP) is 3.39. The van der Waals surface area contributed by atoms with Crippen LogP contribution in [0.3, 0.4) is 0 Å². The van der Waals surface area contributed by atoms with Crippen LogP contribution in [0.4, 0.5) is 0 Å². The number of hydrogen-bond acceptors (Lipinski definition) is 8. The average Bonchev–Trinajstić information content (AvgIpc) is 3.13. The van der Waals surface area contributed by atoms with Crippen molar-refractivity contribution in [3.8, 4) is 5.69 Å². The summed E-state index contributed by atoms with van der Waals surface area (Å²) in [6.07, 6.45) is 4.06. The van der Waals surface area contributed by atoms with Gasteiger partial charge in [0, 0.05) is 18.1 Å². The molecular weight excluding hydrogens is 382 g/mol. The minimum atomic E-state index is -0.334. The van der Waals surface area contributed by atoms with Crippen molar-refractivity contribution in [3.63, 3.8) is 0 Å². The van der Waals surface area contributed by atoms with E-state index in [0.29, 0.717) is 22.5 Å². The quantitative estimate of drug-likeness (QED) is 0.323. The maximum absolute atomic E-state index is 12.0. The van der Waals surface area contributed by atoms with E-state index in [-0.39, 0.29) is 11.2 Å². The zero-order valence-electron chi connectivity index (χ0n) is 15.0. The summed E-state index contributed by atoms with van der Waals surface area (Å²) in [6, 6.07) is 11.6. The lowest BCUT2D eigenvalue weighted by atomic mass is 10.3. The summed E-state index contributed by atoms with van der Waals surface area (Å²) in [7, 11) is 1.40. The molecule has 0 aliphatic carbocycles. The Hall–Kier alpha value is -2.39. The van der Waals surface area contributed by atoms with Crippen LogP contribution >= 0.6 is 23.5 Å². The first-order chi connectivity index (χ1) is 13.2. The molecule has 27 heavy (non-hydrogen) atoms. The van der Waals surface area contributed by atoms with Crippen molar-refractivity contribution >= 4 is 29.5 Å². The van der Waals surface area contributed by atoms with E-state index in [9.17, 15) is 4.79 Å². The molecule has 0 fully saturated rings. The Morgan fingerprint density at radius 1 is 1.15 bits per heavy atom. The second-order valence-electron chi connectivity index (χ2n) is 5.43. The second-order valence-corrected chi connectivity index (χ2v) is 7.54. The number of thioether (sulfide) groups is 2. The fraction of sp³-hybridized carbons (Fsp3) is 0.278. The topological polar surface area (TPSA) is 82.8 Å². The predicted molar refractivity (Wildman–Crippen MR) is 105 cm³/mol. The van der Waals surface area contributed by atoms with Gasteiger partial charge in [0.05, 0.1) is 12.9 Å². The molecule has 0 bridgehead atoms. The van der Waals surface area contributed by atoms with Gasteiger partial charge in [-0.3, -0.25) is 9.36 Å². The summed E-state index contributed by atoms with van der Waals surface area (Å²) in [5.74, 6) is 1.06. The number of aromatic nitrogens is 5. The number of carbonyl (C=O) groups excluding carboxylic acids is 1. The number of rotatable bonds is 8. The van der Waals surface area contributed by atoms with Gasteiger partial charge in [0.1, 0.15) is 11.1 Å². The van der Waals surface area contributed by atoms with E-state index in [2.05, 4.69) is 20.2 Å². The highest BCUT2D eigenvalue weighted by Gasteiger charge is 2.23. The molecule has 2 aromatic heterocycles. The van der Waals surface area contributed by atoms with Gasteiger partial charge < -0.3 is 4.74 Å². The van der Waals surface area contributed by atoms with Crippen molar-refractivity contribution in [1.82, 2.24) is 24.7 Å². The molecule has 1 aromatic carbocycles. The van der Waals surface area contributed by atoms with Crippen molar-refractivity contribution in [2.24, 2.45) is 0 Å². The van der Waals surface area contributed by atoms with Crippen LogP contribution in [0.2, 0.25) is 0 Å². The molecule has 7 nitrogen and oxygen atoms in total.